The highest BCUT2D eigenvalue weighted by molar-refractivity contribution is 7.80. The minimum absolute atomic E-state index is 0.335. The second-order valence-corrected chi connectivity index (χ2v) is 4.66. The lowest BCUT2D eigenvalue weighted by Crippen LogP contribution is -2.43. The predicted octanol–water partition coefficient (Wildman–Crippen LogP) is 1.02. The monoisotopic (exact) mass is 265 g/mol. The number of nitrogens with one attached hydrogen (secondary N) is 2. The summed E-state index contributed by atoms with van der Waals surface area (Å²) in [6.07, 6.45) is 1.74. The van der Waals surface area contributed by atoms with Crippen LogP contribution in [-0.4, -0.2) is 22.6 Å². The lowest BCUT2D eigenvalue weighted by molar-refractivity contribution is 0.663. The second-order valence-electron chi connectivity index (χ2n) is 4.25. The largest absolute Gasteiger partial charge is 0.370 e. The maximum absolute atomic E-state index is 5.69. The SMILES string of the molecule is CC(C)CN=C(N)NC(=S)NCc1ccccn1. The lowest BCUT2D eigenvalue weighted by Gasteiger charge is -2.09. The molecule has 0 saturated carbocycles. The Labute approximate surface area is 113 Å². The summed E-state index contributed by atoms with van der Waals surface area (Å²) < 4.78 is 0. The minimum atomic E-state index is 0.335. The van der Waals surface area contributed by atoms with Crippen molar-refractivity contribution in [1.29, 1.82) is 0 Å². The van der Waals surface area contributed by atoms with Crippen LogP contribution in [-0.2, 0) is 6.54 Å². The fourth-order valence-electron chi connectivity index (χ4n) is 1.15. The molecule has 1 aromatic heterocycles. The van der Waals surface area contributed by atoms with Crippen LogP contribution in [0.2, 0.25) is 0 Å². The minimum Gasteiger partial charge on any atom is -0.370 e. The fourth-order valence-corrected chi connectivity index (χ4v) is 1.33. The fraction of sp³-hybridized carbons (Fsp3) is 0.417. The average molecular weight is 265 g/mol. The molecule has 0 aliphatic carbocycles. The van der Waals surface area contributed by atoms with Crippen molar-refractivity contribution in [2.45, 2.75) is 20.4 Å². The number of rotatable bonds is 4. The molecule has 6 heteroatoms. The molecule has 0 atom stereocenters. The molecule has 0 aliphatic rings. The molecule has 0 bridgehead atoms. The van der Waals surface area contributed by atoms with Crippen LogP contribution in [0.4, 0.5) is 0 Å². The van der Waals surface area contributed by atoms with E-state index in [0.29, 0.717) is 30.1 Å². The summed E-state index contributed by atoms with van der Waals surface area (Å²) >= 11 is 5.10. The molecule has 0 saturated heterocycles. The molecule has 4 N–H and O–H groups in total. The van der Waals surface area contributed by atoms with Gasteiger partial charge in [-0.05, 0) is 30.3 Å². The van der Waals surface area contributed by atoms with Gasteiger partial charge in [-0.3, -0.25) is 9.98 Å². The molecule has 98 valence electrons. The quantitative estimate of drug-likeness (QED) is 0.430. The van der Waals surface area contributed by atoms with Crippen LogP contribution in [0.1, 0.15) is 19.5 Å². The maximum atomic E-state index is 5.69. The summed E-state index contributed by atoms with van der Waals surface area (Å²) in [5.41, 5.74) is 6.60. The van der Waals surface area contributed by atoms with Gasteiger partial charge >= 0.3 is 0 Å². The van der Waals surface area contributed by atoms with E-state index in [2.05, 4.69) is 34.5 Å². The van der Waals surface area contributed by atoms with E-state index in [0.717, 1.165) is 5.69 Å². The van der Waals surface area contributed by atoms with Crippen LogP contribution in [0, 0.1) is 5.92 Å². The lowest BCUT2D eigenvalue weighted by atomic mass is 10.2. The van der Waals surface area contributed by atoms with Gasteiger partial charge in [0.2, 0.25) is 0 Å². The first-order chi connectivity index (χ1) is 8.58. The molecule has 0 amide bonds. The number of guanidine groups is 1. The molecule has 0 aliphatic heterocycles. The van der Waals surface area contributed by atoms with Gasteiger partial charge in [0.1, 0.15) is 0 Å². The van der Waals surface area contributed by atoms with E-state index < -0.39 is 0 Å². The van der Waals surface area contributed by atoms with Gasteiger partial charge in [0.15, 0.2) is 11.1 Å². The molecule has 0 unspecified atom stereocenters. The first kappa shape index (κ1) is 14.4. The molecule has 1 heterocycles. The van der Waals surface area contributed by atoms with E-state index in [4.69, 9.17) is 18.0 Å². The normalized spacial score (nSPS) is 11.4. The van der Waals surface area contributed by atoms with Crippen molar-refractivity contribution in [3.63, 3.8) is 0 Å². The van der Waals surface area contributed by atoms with E-state index in [9.17, 15) is 0 Å². The number of thiocarbonyl (C=S) groups is 1. The number of nitrogens with zero attached hydrogens (tertiary/aromatic N) is 2. The number of nitrogens with two attached hydrogens (primary N) is 1. The van der Waals surface area contributed by atoms with Gasteiger partial charge in [-0.15, -0.1) is 0 Å². The third-order valence-corrected chi connectivity index (χ3v) is 2.27. The predicted molar refractivity (Wildman–Crippen MR) is 78.1 cm³/mol. The number of aromatic nitrogens is 1. The Bertz CT molecular complexity index is 402. The Morgan fingerprint density at radius 2 is 2.28 bits per heavy atom. The van der Waals surface area contributed by atoms with Gasteiger partial charge in [-0.1, -0.05) is 19.9 Å². The zero-order chi connectivity index (χ0) is 13.4. The van der Waals surface area contributed by atoms with E-state index in [1.165, 1.54) is 0 Å². The van der Waals surface area contributed by atoms with Crippen molar-refractivity contribution >= 4 is 23.3 Å². The molecule has 0 aromatic carbocycles. The maximum Gasteiger partial charge on any atom is 0.194 e. The van der Waals surface area contributed by atoms with Crippen LogP contribution >= 0.6 is 12.2 Å². The van der Waals surface area contributed by atoms with E-state index in [1.807, 2.05) is 18.2 Å². The van der Waals surface area contributed by atoms with Gasteiger partial charge in [0.05, 0.1) is 12.2 Å². The molecule has 0 spiro atoms. The summed E-state index contributed by atoms with van der Waals surface area (Å²) in [5.74, 6) is 0.808. The third-order valence-electron chi connectivity index (χ3n) is 2.02. The van der Waals surface area contributed by atoms with Crippen molar-refractivity contribution in [3.05, 3.63) is 30.1 Å². The third kappa shape index (κ3) is 6.15. The van der Waals surface area contributed by atoms with E-state index in [-0.39, 0.29) is 0 Å². The zero-order valence-corrected chi connectivity index (χ0v) is 11.5. The summed E-state index contributed by atoms with van der Waals surface area (Å²) in [5, 5.41) is 6.29. The molecule has 18 heavy (non-hydrogen) atoms. The summed E-state index contributed by atoms with van der Waals surface area (Å²) in [4.78, 5) is 8.34. The van der Waals surface area contributed by atoms with Crippen molar-refractivity contribution in [3.8, 4) is 0 Å². The molecule has 1 aromatic rings. The van der Waals surface area contributed by atoms with Gasteiger partial charge in [-0.2, -0.15) is 0 Å². The molecule has 0 radical (unpaired) electrons. The van der Waals surface area contributed by atoms with Gasteiger partial charge in [0.25, 0.3) is 0 Å². The van der Waals surface area contributed by atoms with Crippen LogP contribution in [0.3, 0.4) is 0 Å². The highest BCUT2D eigenvalue weighted by Crippen LogP contribution is 1.92. The number of hydrogen-bond acceptors (Lipinski definition) is 3. The number of aliphatic imine (C=N–C) groups is 1. The Morgan fingerprint density at radius 1 is 1.50 bits per heavy atom. The molecule has 0 fully saturated rings. The van der Waals surface area contributed by atoms with Crippen molar-refractivity contribution in [2.75, 3.05) is 6.54 Å². The van der Waals surface area contributed by atoms with Crippen LogP contribution < -0.4 is 16.4 Å². The molecule has 5 nitrogen and oxygen atoms in total. The van der Waals surface area contributed by atoms with Gasteiger partial charge in [0, 0.05) is 12.7 Å². The van der Waals surface area contributed by atoms with Crippen molar-refractivity contribution < 1.29 is 0 Å². The summed E-state index contributed by atoms with van der Waals surface area (Å²) in [6, 6.07) is 5.72. The first-order valence-corrected chi connectivity index (χ1v) is 6.23. The average Bonchev–Trinajstić information content (AvgIpc) is 2.35. The number of hydrogen-bond donors (Lipinski definition) is 3. The molecule has 1 rings (SSSR count). The first-order valence-electron chi connectivity index (χ1n) is 5.82. The Hall–Kier alpha value is -1.69. The highest BCUT2D eigenvalue weighted by atomic mass is 32.1. The van der Waals surface area contributed by atoms with Crippen LogP contribution in [0.15, 0.2) is 29.4 Å². The zero-order valence-electron chi connectivity index (χ0n) is 10.7. The van der Waals surface area contributed by atoms with Crippen LogP contribution in [0.25, 0.3) is 0 Å². The highest BCUT2D eigenvalue weighted by Gasteiger charge is 1.99. The Balaban J connectivity index is 2.31. The van der Waals surface area contributed by atoms with Crippen molar-refractivity contribution in [2.24, 2.45) is 16.6 Å². The Kier molecular flexibility index (Phi) is 6.07. The summed E-state index contributed by atoms with van der Waals surface area (Å²) in [7, 11) is 0. The number of pyridine rings is 1. The molecular weight excluding hydrogens is 246 g/mol. The van der Waals surface area contributed by atoms with Crippen molar-refractivity contribution in [1.82, 2.24) is 15.6 Å². The van der Waals surface area contributed by atoms with Gasteiger partial charge in [-0.25, -0.2) is 0 Å². The Morgan fingerprint density at radius 3 is 2.89 bits per heavy atom. The van der Waals surface area contributed by atoms with E-state index in [1.54, 1.807) is 6.20 Å². The summed E-state index contributed by atoms with van der Waals surface area (Å²) in [6.45, 7) is 5.40. The van der Waals surface area contributed by atoms with Crippen LogP contribution in [0.5, 0.6) is 0 Å². The standard InChI is InChI=1S/C12H19N5S/c1-9(2)7-15-11(13)17-12(18)16-8-10-5-3-4-6-14-10/h3-6,9H,7-8H2,1-2H3,(H4,13,15,16,17,18). The van der Waals surface area contributed by atoms with E-state index >= 15 is 0 Å². The smallest absolute Gasteiger partial charge is 0.194 e. The molecular formula is C12H19N5S. The van der Waals surface area contributed by atoms with Gasteiger partial charge < -0.3 is 16.4 Å². The second kappa shape index (κ2) is 7.60. The topological polar surface area (TPSA) is 75.3 Å².